The summed E-state index contributed by atoms with van der Waals surface area (Å²) in [7, 11) is -3.10. The van der Waals surface area contributed by atoms with E-state index in [2.05, 4.69) is 0 Å². The number of aryl methyl sites for hydroxylation is 1. The summed E-state index contributed by atoms with van der Waals surface area (Å²) in [6.07, 6.45) is 0.603. The predicted octanol–water partition coefficient (Wildman–Crippen LogP) is 4.49. The lowest BCUT2D eigenvalue weighted by Crippen LogP contribution is -2.33. The van der Waals surface area contributed by atoms with Gasteiger partial charge in [0.1, 0.15) is 5.82 Å². The molecule has 0 radical (unpaired) electrons. The van der Waals surface area contributed by atoms with E-state index in [1.807, 2.05) is 13.8 Å². The molecule has 2 aliphatic rings. The molecule has 7 heteroatoms. The van der Waals surface area contributed by atoms with Crippen LogP contribution in [0.15, 0.2) is 36.4 Å². The van der Waals surface area contributed by atoms with Crippen LogP contribution in [0.2, 0.25) is 0 Å². The highest BCUT2D eigenvalue weighted by Gasteiger charge is 2.46. The number of carbonyl (C=O) groups is 2. The maximum atomic E-state index is 14.6. The summed E-state index contributed by atoms with van der Waals surface area (Å²) >= 11 is 0. The van der Waals surface area contributed by atoms with Crippen LogP contribution >= 0.6 is 0 Å². The quantitative estimate of drug-likeness (QED) is 0.653. The zero-order valence-corrected chi connectivity index (χ0v) is 19.0. The minimum absolute atomic E-state index is 0.0150. The topological polar surface area (TPSA) is 71.5 Å². The smallest absolute Gasteiger partial charge is 0.241 e. The third kappa shape index (κ3) is 3.69. The molecule has 2 aromatic carbocycles. The van der Waals surface area contributed by atoms with Gasteiger partial charge in [0.15, 0.2) is 15.6 Å². The number of rotatable bonds is 4. The highest BCUT2D eigenvalue weighted by Crippen LogP contribution is 2.47. The normalized spacial score (nSPS) is 23.8. The van der Waals surface area contributed by atoms with Gasteiger partial charge in [-0.3, -0.25) is 14.5 Å². The zero-order valence-electron chi connectivity index (χ0n) is 18.2. The molecule has 5 nitrogen and oxygen atoms in total. The first-order chi connectivity index (χ1) is 14.3. The van der Waals surface area contributed by atoms with Gasteiger partial charge < -0.3 is 0 Å². The highest BCUT2D eigenvalue weighted by molar-refractivity contribution is 7.91. The molecule has 164 valence electrons. The van der Waals surface area contributed by atoms with Crippen LogP contribution in [0.4, 0.5) is 15.8 Å². The molecular formula is C24H26FNO4S. The zero-order chi connectivity index (χ0) is 22.8. The van der Waals surface area contributed by atoms with Crippen molar-refractivity contribution in [3.63, 3.8) is 0 Å². The van der Waals surface area contributed by atoms with Gasteiger partial charge in [-0.2, -0.15) is 0 Å². The fourth-order valence-electron chi connectivity index (χ4n) is 4.65. The van der Waals surface area contributed by atoms with Crippen LogP contribution in [0, 0.1) is 18.2 Å². The molecule has 1 fully saturated rings. The Bertz CT molecular complexity index is 1220. The fourth-order valence-corrected chi connectivity index (χ4v) is 6.91. The minimum Gasteiger partial charge on any atom is -0.294 e. The van der Waals surface area contributed by atoms with Crippen molar-refractivity contribution in [2.24, 2.45) is 5.41 Å². The first-order valence-corrected chi connectivity index (χ1v) is 12.1. The summed E-state index contributed by atoms with van der Waals surface area (Å²) in [4.78, 5) is 27.6. The van der Waals surface area contributed by atoms with Gasteiger partial charge in [-0.05, 0) is 74.1 Å². The van der Waals surface area contributed by atoms with E-state index in [1.54, 1.807) is 44.2 Å². The minimum atomic E-state index is -3.10. The molecule has 4 rings (SSSR count). The second-order valence-electron chi connectivity index (χ2n) is 9.71. The van der Waals surface area contributed by atoms with Gasteiger partial charge in [-0.25, -0.2) is 12.8 Å². The number of ketones is 1. The second kappa shape index (κ2) is 6.99. The maximum absolute atomic E-state index is 14.6. The van der Waals surface area contributed by atoms with Crippen LogP contribution in [0.1, 0.15) is 55.1 Å². The molecule has 2 aliphatic heterocycles. The molecule has 0 spiro atoms. The molecule has 0 aromatic heterocycles. The summed E-state index contributed by atoms with van der Waals surface area (Å²) in [5.74, 6) is -0.768. The number of halogens is 1. The summed E-state index contributed by atoms with van der Waals surface area (Å²) in [5.41, 5.74) is 1.19. The van der Waals surface area contributed by atoms with Crippen molar-refractivity contribution in [1.82, 2.24) is 0 Å². The number of nitrogens with zero attached hydrogens (tertiary/aromatic N) is 1. The Morgan fingerprint density at radius 1 is 1.10 bits per heavy atom. The van der Waals surface area contributed by atoms with E-state index in [1.165, 1.54) is 11.0 Å². The Morgan fingerprint density at radius 3 is 2.45 bits per heavy atom. The molecule has 1 amide bonds. The van der Waals surface area contributed by atoms with Gasteiger partial charge >= 0.3 is 0 Å². The van der Waals surface area contributed by atoms with E-state index in [-0.39, 0.29) is 35.3 Å². The van der Waals surface area contributed by atoms with E-state index < -0.39 is 26.5 Å². The van der Waals surface area contributed by atoms with Crippen LogP contribution in [0.5, 0.6) is 0 Å². The van der Waals surface area contributed by atoms with Gasteiger partial charge in [-0.1, -0.05) is 13.0 Å². The van der Waals surface area contributed by atoms with E-state index in [0.717, 1.165) is 5.56 Å². The number of Topliss-reactive ketones (excluding diaryl/α,β-unsaturated/α-hetero) is 1. The number of hydrogen-bond donors (Lipinski definition) is 0. The Morgan fingerprint density at radius 2 is 1.81 bits per heavy atom. The monoisotopic (exact) mass is 443 g/mol. The molecule has 31 heavy (non-hydrogen) atoms. The molecule has 2 heterocycles. The van der Waals surface area contributed by atoms with Crippen molar-refractivity contribution >= 4 is 32.9 Å². The predicted molar refractivity (Wildman–Crippen MR) is 118 cm³/mol. The lowest BCUT2D eigenvalue weighted by molar-refractivity contribution is -0.121. The van der Waals surface area contributed by atoms with Crippen molar-refractivity contribution in [3.8, 4) is 0 Å². The number of amides is 1. The van der Waals surface area contributed by atoms with Crippen LogP contribution in [0.3, 0.4) is 0 Å². The summed E-state index contributed by atoms with van der Waals surface area (Å²) in [6, 6.07) is 9.66. The molecule has 0 bridgehead atoms. The molecular weight excluding hydrogens is 417 g/mol. The summed E-state index contributed by atoms with van der Waals surface area (Å²) in [6.45, 7) is 7.20. The number of benzene rings is 2. The van der Waals surface area contributed by atoms with Crippen LogP contribution in [-0.4, -0.2) is 31.6 Å². The molecule has 0 N–H and O–H groups in total. The van der Waals surface area contributed by atoms with Gasteiger partial charge in [0.05, 0.1) is 28.3 Å². The maximum Gasteiger partial charge on any atom is 0.241 e. The van der Waals surface area contributed by atoms with Crippen LogP contribution in [-0.2, 0) is 20.0 Å². The summed E-state index contributed by atoms with van der Waals surface area (Å²) < 4.78 is 38.3. The van der Waals surface area contributed by atoms with E-state index in [9.17, 15) is 22.4 Å². The Hall–Kier alpha value is -2.54. The fraction of sp³-hybridized carbons (Fsp3) is 0.417. The number of anilines is 2. The first kappa shape index (κ1) is 21.7. The molecule has 1 atom stereocenters. The summed E-state index contributed by atoms with van der Waals surface area (Å²) in [5, 5.41) is 0. The first-order valence-electron chi connectivity index (χ1n) is 10.3. The lowest BCUT2D eigenvalue weighted by Gasteiger charge is -2.21. The lowest BCUT2D eigenvalue weighted by atomic mass is 9.81. The van der Waals surface area contributed by atoms with Gasteiger partial charge in [0.25, 0.3) is 0 Å². The molecule has 0 saturated carbocycles. The largest absolute Gasteiger partial charge is 0.294 e. The van der Waals surface area contributed by atoms with E-state index >= 15 is 0 Å². The van der Waals surface area contributed by atoms with Gasteiger partial charge in [-0.15, -0.1) is 0 Å². The van der Waals surface area contributed by atoms with Crippen molar-refractivity contribution in [3.05, 3.63) is 58.9 Å². The average molecular weight is 444 g/mol. The molecule has 2 aromatic rings. The Balaban J connectivity index is 1.71. The highest BCUT2D eigenvalue weighted by atomic mass is 32.2. The standard InChI is InChI=1S/C24H26FNO4S/c1-15-5-7-18(25)20(11-15)26-19-8-6-16(12-17(19)23(2,3)22(26)28)21(27)13-24(4)9-10-31(29,30)14-24/h5-8,11-12H,9-10,13-14H2,1-4H3/t24-/m1/s1. The third-order valence-corrected chi connectivity index (χ3v) is 8.45. The number of sulfone groups is 1. The van der Waals surface area contributed by atoms with E-state index in [0.29, 0.717) is 23.2 Å². The third-order valence-electron chi connectivity index (χ3n) is 6.49. The van der Waals surface area contributed by atoms with E-state index in [4.69, 9.17) is 0 Å². The Kier molecular flexibility index (Phi) is 4.89. The van der Waals surface area contributed by atoms with Crippen LogP contribution < -0.4 is 4.90 Å². The Labute approximate surface area is 182 Å². The van der Waals surface area contributed by atoms with Gasteiger partial charge in [0.2, 0.25) is 5.91 Å². The second-order valence-corrected chi connectivity index (χ2v) is 11.9. The number of fused-ring (bicyclic) bond motifs is 1. The molecule has 0 unspecified atom stereocenters. The number of carbonyl (C=O) groups excluding carboxylic acids is 2. The van der Waals surface area contributed by atoms with Crippen molar-refractivity contribution < 1.29 is 22.4 Å². The SMILES string of the molecule is Cc1ccc(F)c(N2C(=O)C(C)(C)c3cc(C(=O)C[C@@]4(C)CCS(=O)(=O)C4)ccc32)c1. The van der Waals surface area contributed by atoms with Crippen molar-refractivity contribution in [1.29, 1.82) is 0 Å². The average Bonchev–Trinajstić information content (AvgIpc) is 3.06. The van der Waals surface area contributed by atoms with Gasteiger partial charge in [0, 0.05) is 12.0 Å². The molecule has 1 saturated heterocycles. The van der Waals surface area contributed by atoms with Crippen molar-refractivity contribution in [2.75, 3.05) is 16.4 Å². The van der Waals surface area contributed by atoms with Crippen LogP contribution in [0.25, 0.3) is 0 Å². The number of hydrogen-bond acceptors (Lipinski definition) is 4. The van der Waals surface area contributed by atoms with Crippen molar-refractivity contribution in [2.45, 2.75) is 46.0 Å². The molecule has 0 aliphatic carbocycles.